The monoisotopic (exact) mass is 364 g/mol. The lowest BCUT2D eigenvalue weighted by atomic mass is 10.1. The van der Waals surface area contributed by atoms with Crippen molar-refractivity contribution in [3.63, 3.8) is 0 Å². The lowest BCUT2D eigenvalue weighted by Gasteiger charge is -2.22. The Balaban J connectivity index is 1.61. The fourth-order valence-electron chi connectivity index (χ4n) is 4.00. The number of benzene rings is 1. The molecule has 0 N–H and O–H groups in total. The number of aromatic nitrogens is 3. The van der Waals surface area contributed by atoms with Crippen molar-refractivity contribution in [3.8, 4) is 11.4 Å². The summed E-state index contributed by atoms with van der Waals surface area (Å²) in [5, 5.41) is 4.12. The highest BCUT2D eigenvalue weighted by Crippen LogP contribution is 2.34. The van der Waals surface area contributed by atoms with Crippen LogP contribution in [0.2, 0.25) is 0 Å². The van der Waals surface area contributed by atoms with E-state index < -0.39 is 0 Å². The molecule has 0 radical (unpaired) electrons. The van der Waals surface area contributed by atoms with Gasteiger partial charge in [0.2, 0.25) is 11.7 Å². The lowest BCUT2D eigenvalue weighted by Crippen LogP contribution is -2.31. The summed E-state index contributed by atoms with van der Waals surface area (Å²) in [4.78, 5) is 19.7. The van der Waals surface area contributed by atoms with E-state index >= 15 is 0 Å². The Morgan fingerprint density at radius 1 is 1.26 bits per heavy atom. The van der Waals surface area contributed by atoms with Gasteiger partial charge in [0, 0.05) is 30.0 Å². The minimum atomic E-state index is -0.160. The molecule has 27 heavy (non-hydrogen) atoms. The normalized spacial score (nSPS) is 16.9. The molecule has 0 bridgehead atoms. The van der Waals surface area contributed by atoms with Crippen molar-refractivity contribution in [1.82, 2.24) is 19.6 Å². The van der Waals surface area contributed by atoms with Crippen LogP contribution in [0.1, 0.15) is 53.4 Å². The van der Waals surface area contributed by atoms with Gasteiger partial charge in [-0.05, 0) is 39.7 Å². The van der Waals surface area contributed by atoms with E-state index in [0.717, 1.165) is 41.9 Å². The van der Waals surface area contributed by atoms with E-state index in [4.69, 9.17) is 4.52 Å². The van der Waals surface area contributed by atoms with Crippen LogP contribution in [-0.2, 0) is 6.54 Å². The Morgan fingerprint density at radius 2 is 2.04 bits per heavy atom. The smallest absolute Gasteiger partial charge is 0.256 e. The van der Waals surface area contributed by atoms with Crippen LogP contribution >= 0.6 is 0 Å². The van der Waals surface area contributed by atoms with Gasteiger partial charge in [-0.25, -0.2) is 0 Å². The molecule has 1 aliphatic heterocycles. The number of rotatable bonds is 4. The molecule has 1 aromatic carbocycles. The third-order valence-corrected chi connectivity index (χ3v) is 5.39. The number of nitrogens with zero attached hydrogens (tertiary/aromatic N) is 4. The quantitative estimate of drug-likeness (QED) is 0.697. The second kappa shape index (κ2) is 7.02. The molecule has 6 nitrogen and oxygen atoms in total. The number of amides is 1. The zero-order valence-corrected chi connectivity index (χ0v) is 16.0. The van der Waals surface area contributed by atoms with Crippen LogP contribution in [0.25, 0.3) is 11.4 Å². The molecule has 140 valence electrons. The highest BCUT2D eigenvalue weighted by molar-refractivity contribution is 5.96. The van der Waals surface area contributed by atoms with Gasteiger partial charge in [0.05, 0.1) is 5.56 Å². The first-order valence-electron chi connectivity index (χ1n) is 9.47. The number of aryl methyl sites for hydroxylation is 1. The van der Waals surface area contributed by atoms with Gasteiger partial charge in [-0.1, -0.05) is 35.5 Å². The molecule has 3 heterocycles. The van der Waals surface area contributed by atoms with Crippen molar-refractivity contribution >= 4 is 5.91 Å². The maximum Gasteiger partial charge on any atom is 0.256 e. The van der Waals surface area contributed by atoms with E-state index in [9.17, 15) is 4.79 Å². The fourth-order valence-corrected chi connectivity index (χ4v) is 4.00. The van der Waals surface area contributed by atoms with Crippen molar-refractivity contribution in [3.05, 3.63) is 59.2 Å². The third-order valence-electron chi connectivity index (χ3n) is 5.39. The van der Waals surface area contributed by atoms with Gasteiger partial charge in [0.25, 0.3) is 5.91 Å². The van der Waals surface area contributed by atoms with Gasteiger partial charge in [-0.3, -0.25) is 4.79 Å². The van der Waals surface area contributed by atoms with E-state index in [2.05, 4.69) is 21.6 Å². The summed E-state index contributed by atoms with van der Waals surface area (Å²) in [6.45, 7) is 7.71. The van der Waals surface area contributed by atoms with Gasteiger partial charge in [0.1, 0.15) is 6.04 Å². The van der Waals surface area contributed by atoms with Crippen LogP contribution in [0.5, 0.6) is 0 Å². The summed E-state index contributed by atoms with van der Waals surface area (Å²) in [5.41, 5.74) is 3.80. The highest BCUT2D eigenvalue weighted by Gasteiger charge is 2.35. The Bertz CT molecular complexity index is 958. The molecule has 3 aromatic rings. The Kier molecular flexibility index (Phi) is 4.56. The summed E-state index contributed by atoms with van der Waals surface area (Å²) in [6, 6.07) is 11.6. The molecule has 1 amide bonds. The van der Waals surface area contributed by atoms with Gasteiger partial charge in [0.15, 0.2) is 0 Å². The largest absolute Gasteiger partial charge is 0.349 e. The van der Waals surface area contributed by atoms with Gasteiger partial charge in [-0.15, -0.1) is 0 Å². The molecule has 1 fully saturated rings. The number of hydrogen-bond acceptors (Lipinski definition) is 4. The number of carbonyl (C=O) groups is 1. The van der Waals surface area contributed by atoms with Gasteiger partial charge >= 0.3 is 0 Å². The van der Waals surface area contributed by atoms with Gasteiger partial charge in [-0.2, -0.15) is 4.98 Å². The molecule has 1 aliphatic rings. The van der Waals surface area contributed by atoms with Crippen LogP contribution in [0.4, 0.5) is 0 Å². The van der Waals surface area contributed by atoms with Gasteiger partial charge < -0.3 is 14.0 Å². The maximum atomic E-state index is 13.2. The van der Waals surface area contributed by atoms with E-state index in [1.165, 1.54) is 0 Å². The second-order valence-corrected chi connectivity index (χ2v) is 7.01. The Hall–Kier alpha value is -2.89. The zero-order chi connectivity index (χ0) is 19.0. The van der Waals surface area contributed by atoms with Crippen molar-refractivity contribution in [2.24, 2.45) is 0 Å². The summed E-state index contributed by atoms with van der Waals surface area (Å²) < 4.78 is 7.70. The van der Waals surface area contributed by atoms with Crippen molar-refractivity contribution in [1.29, 1.82) is 0 Å². The minimum Gasteiger partial charge on any atom is -0.349 e. The first kappa shape index (κ1) is 17.5. The molecular weight excluding hydrogens is 340 g/mol. The lowest BCUT2D eigenvalue weighted by molar-refractivity contribution is 0.0709. The maximum absolute atomic E-state index is 13.2. The standard InChI is InChI=1S/C21H24N4O2/c1-4-24-14(2)13-17(15(24)3)21(26)25-12-8-11-18(25)20-22-19(23-27-20)16-9-6-5-7-10-16/h5-7,9-10,13,18H,4,8,11-12H2,1-3H3/t18-/m0/s1. The van der Waals surface area contributed by atoms with Crippen LogP contribution in [0.15, 0.2) is 40.9 Å². The van der Waals surface area contributed by atoms with E-state index in [0.29, 0.717) is 18.3 Å². The van der Waals surface area contributed by atoms with Crippen LogP contribution in [0.3, 0.4) is 0 Å². The summed E-state index contributed by atoms with van der Waals surface area (Å²) in [7, 11) is 0. The first-order chi connectivity index (χ1) is 13.1. The first-order valence-corrected chi connectivity index (χ1v) is 9.47. The molecule has 1 saturated heterocycles. The van der Waals surface area contributed by atoms with E-state index in [-0.39, 0.29) is 11.9 Å². The van der Waals surface area contributed by atoms with Crippen molar-refractivity contribution < 1.29 is 9.32 Å². The Labute approximate surface area is 158 Å². The fraction of sp³-hybridized carbons (Fsp3) is 0.381. The predicted molar refractivity (Wildman–Crippen MR) is 102 cm³/mol. The summed E-state index contributed by atoms with van der Waals surface area (Å²) in [6.07, 6.45) is 1.78. The molecule has 4 rings (SSSR count). The average molecular weight is 364 g/mol. The molecular formula is C21H24N4O2. The van der Waals surface area contributed by atoms with Crippen LogP contribution < -0.4 is 0 Å². The van der Waals surface area contributed by atoms with Crippen molar-refractivity contribution in [2.75, 3.05) is 6.54 Å². The van der Waals surface area contributed by atoms with E-state index in [1.807, 2.05) is 55.1 Å². The predicted octanol–water partition coefficient (Wildman–Crippen LogP) is 4.15. The van der Waals surface area contributed by atoms with E-state index in [1.54, 1.807) is 0 Å². The molecule has 0 spiro atoms. The molecule has 0 saturated carbocycles. The molecule has 6 heteroatoms. The highest BCUT2D eigenvalue weighted by atomic mass is 16.5. The minimum absolute atomic E-state index is 0.0461. The second-order valence-electron chi connectivity index (χ2n) is 7.01. The molecule has 2 aromatic heterocycles. The average Bonchev–Trinajstić information content (AvgIpc) is 3.40. The van der Waals surface area contributed by atoms with Crippen molar-refractivity contribution in [2.45, 2.75) is 46.2 Å². The SMILES string of the molecule is CCn1c(C)cc(C(=O)N2CCC[C@H]2c2nc(-c3ccccc3)no2)c1C. The molecule has 0 aliphatic carbocycles. The number of hydrogen-bond donors (Lipinski definition) is 0. The number of carbonyl (C=O) groups excluding carboxylic acids is 1. The van der Waals surface area contributed by atoms with Crippen LogP contribution in [0, 0.1) is 13.8 Å². The third kappa shape index (κ3) is 3.05. The summed E-state index contributed by atoms with van der Waals surface area (Å²) >= 11 is 0. The molecule has 0 unspecified atom stereocenters. The molecule has 1 atom stereocenters. The zero-order valence-electron chi connectivity index (χ0n) is 16.0. The van der Waals surface area contributed by atoms with Crippen LogP contribution in [-0.4, -0.2) is 32.1 Å². The summed E-state index contributed by atoms with van der Waals surface area (Å²) in [5.74, 6) is 1.13. The Morgan fingerprint density at radius 3 is 2.74 bits per heavy atom. The number of likely N-dealkylation sites (tertiary alicyclic amines) is 1. The topological polar surface area (TPSA) is 64.2 Å².